The zero-order chi connectivity index (χ0) is 38.0. The number of β-amino-alcohol motifs (C(OH)–C–C–N with tert-alkyl or cyclic N) is 1. The molecule has 5 aromatic rings. The summed E-state index contributed by atoms with van der Waals surface area (Å²) in [7, 11) is 2.13. The Balaban J connectivity index is 0.000000231. The van der Waals surface area contributed by atoms with Gasteiger partial charge in [-0.05, 0) is 112 Å². The molecule has 0 radical (unpaired) electrons. The fourth-order valence-corrected chi connectivity index (χ4v) is 7.42. The van der Waals surface area contributed by atoms with Crippen LogP contribution in [0.4, 0.5) is 10.5 Å². The van der Waals surface area contributed by atoms with Gasteiger partial charge in [-0.1, -0.05) is 109 Å². The summed E-state index contributed by atoms with van der Waals surface area (Å²) in [5.41, 5.74) is 3.94. The first-order valence-electron chi connectivity index (χ1n) is 18.9. The molecule has 1 aliphatic heterocycles. The van der Waals surface area contributed by atoms with Crippen LogP contribution >= 0.6 is 0 Å². The van der Waals surface area contributed by atoms with E-state index in [-0.39, 0.29) is 23.2 Å². The number of carbonyl (C=O) groups excluding carboxylic acids is 1. The van der Waals surface area contributed by atoms with E-state index in [9.17, 15) is 9.90 Å². The van der Waals surface area contributed by atoms with Gasteiger partial charge in [0.15, 0.2) is 5.69 Å². The summed E-state index contributed by atoms with van der Waals surface area (Å²) in [5, 5.41) is 19.1. The summed E-state index contributed by atoms with van der Waals surface area (Å²) in [6.07, 6.45) is 3.04. The lowest BCUT2D eigenvalue weighted by atomic mass is 9.91. The lowest BCUT2D eigenvalue weighted by Crippen LogP contribution is -2.51. The summed E-state index contributed by atoms with van der Waals surface area (Å²) in [6, 6.07) is 37.9. The number of likely N-dealkylation sites (N-methyl/N-ethyl adjacent to an activating group) is 1. The number of nitrogens with one attached hydrogen (secondary N) is 1. The second kappa shape index (κ2) is 17.9. The third kappa shape index (κ3) is 11.1. The van der Waals surface area contributed by atoms with Gasteiger partial charge in [-0.25, -0.2) is 9.64 Å². The third-order valence-electron chi connectivity index (χ3n) is 10.4. The van der Waals surface area contributed by atoms with Crippen LogP contribution in [0.5, 0.6) is 0 Å². The molecule has 0 bridgehead atoms. The van der Waals surface area contributed by atoms with E-state index in [1.165, 1.54) is 32.7 Å². The standard InChI is InChI=1S/C29H35N3O.C17H21NO2/c1-29(2,19-22-14-15-24-10-5-6-11-25(24)17-22)31(4)21-28(33)27-13-8-16-32(27)20-23-9-7-12-26(18-23)30-3;1-4-20-16(19)18-17(2,3)12-13-9-10-14-7-5-6-8-15(14)11-13/h5-7,9-12,14-15,17-18,27-28,33H,8,13,16,19-21H2,1-2,4H3;5-11H,4,12H2,1-3H3,(H,18,19)/t27-,28-;/m1./s1. The summed E-state index contributed by atoms with van der Waals surface area (Å²) in [4.78, 5) is 19.8. The predicted molar refractivity (Wildman–Crippen MR) is 218 cm³/mol. The molecule has 0 aromatic heterocycles. The number of hydrogen-bond acceptors (Lipinski definition) is 5. The molecule has 5 aromatic carbocycles. The van der Waals surface area contributed by atoms with Crippen molar-refractivity contribution in [3.05, 3.63) is 137 Å². The van der Waals surface area contributed by atoms with Crippen molar-refractivity contribution in [1.82, 2.24) is 15.1 Å². The molecule has 2 N–H and O–H groups in total. The van der Waals surface area contributed by atoms with Crippen LogP contribution in [0.2, 0.25) is 0 Å². The summed E-state index contributed by atoms with van der Waals surface area (Å²) >= 11 is 0. The van der Waals surface area contributed by atoms with Crippen LogP contribution in [-0.2, 0) is 24.1 Å². The zero-order valence-electron chi connectivity index (χ0n) is 32.3. The Labute approximate surface area is 316 Å². The Morgan fingerprint density at radius 2 is 1.47 bits per heavy atom. The molecule has 7 nitrogen and oxygen atoms in total. The van der Waals surface area contributed by atoms with Crippen molar-refractivity contribution in [2.24, 2.45) is 0 Å². The van der Waals surface area contributed by atoms with Crippen molar-refractivity contribution in [3.63, 3.8) is 0 Å². The minimum Gasteiger partial charge on any atom is -0.450 e. The Kier molecular flexibility index (Phi) is 13.3. The number of fused-ring (bicyclic) bond motifs is 2. The molecule has 6 rings (SSSR count). The van der Waals surface area contributed by atoms with Crippen molar-refractivity contribution in [1.29, 1.82) is 0 Å². The third-order valence-corrected chi connectivity index (χ3v) is 10.4. The lowest BCUT2D eigenvalue weighted by Gasteiger charge is -2.39. The second-order valence-corrected chi connectivity index (χ2v) is 15.7. The van der Waals surface area contributed by atoms with Gasteiger partial charge in [-0.3, -0.25) is 9.80 Å². The second-order valence-electron chi connectivity index (χ2n) is 15.7. The summed E-state index contributed by atoms with van der Waals surface area (Å²) in [5.74, 6) is 0. The van der Waals surface area contributed by atoms with Gasteiger partial charge < -0.3 is 15.2 Å². The van der Waals surface area contributed by atoms with Gasteiger partial charge in [0, 0.05) is 30.2 Å². The van der Waals surface area contributed by atoms with E-state index in [0.717, 1.165) is 44.3 Å². The first-order valence-corrected chi connectivity index (χ1v) is 18.9. The van der Waals surface area contributed by atoms with E-state index in [1.807, 2.05) is 44.2 Å². The smallest absolute Gasteiger partial charge is 0.407 e. The molecule has 1 saturated heterocycles. The van der Waals surface area contributed by atoms with Crippen LogP contribution in [0.3, 0.4) is 0 Å². The van der Waals surface area contributed by atoms with Crippen molar-refractivity contribution in [2.75, 3.05) is 26.7 Å². The number of rotatable bonds is 12. The highest BCUT2D eigenvalue weighted by atomic mass is 16.5. The molecule has 0 spiro atoms. The minimum absolute atomic E-state index is 0.0726. The minimum atomic E-state index is -0.405. The summed E-state index contributed by atoms with van der Waals surface area (Å²) in [6.45, 7) is 20.4. The highest BCUT2D eigenvalue weighted by Crippen LogP contribution is 2.28. The van der Waals surface area contributed by atoms with Crippen LogP contribution in [0, 0.1) is 6.57 Å². The number of hydrogen-bond donors (Lipinski definition) is 2. The maximum atomic E-state index is 11.5. The first kappa shape index (κ1) is 39.5. The highest BCUT2D eigenvalue weighted by molar-refractivity contribution is 5.83. The van der Waals surface area contributed by atoms with Crippen LogP contribution in [0.25, 0.3) is 26.4 Å². The van der Waals surface area contributed by atoms with Crippen LogP contribution < -0.4 is 5.32 Å². The normalized spacial score (nSPS) is 15.5. The number of ether oxygens (including phenoxy) is 1. The summed E-state index contributed by atoms with van der Waals surface area (Å²) < 4.78 is 4.94. The van der Waals surface area contributed by atoms with Gasteiger partial charge in [-0.2, -0.15) is 0 Å². The average Bonchev–Trinajstić information content (AvgIpc) is 3.59. The molecule has 0 unspecified atom stereocenters. The molecule has 1 amide bonds. The molecule has 0 saturated carbocycles. The molecule has 1 aliphatic rings. The molecule has 1 heterocycles. The Hall–Kier alpha value is -4.74. The SMILES string of the molecule is CCOC(=O)NC(C)(C)Cc1ccc2ccccc2c1.[C-]#[N+]c1cccc(CN2CCC[C@@H]2[C@H](O)CN(C)C(C)(C)Cc2ccc3ccccc3c2)c1. The fourth-order valence-electron chi connectivity index (χ4n) is 7.42. The first-order chi connectivity index (χ1) is 25.4. The maximum absolute atomic E-state index is 11.5. The Morgan fingerprint density at radius 3 is 2.08 bits per heavy atom. The van der Waals surface area contributed by atoms with E-state index in [4.69, 9.17) is 11.3 Å². The molecule has 1 fully saturated rings. The molecular formula is C46H56N4O3. The number of likely N-dealkylation sites (tertiary alicyclic amines) is 1. The van der Waals surface area contributed by atoms with Gasteiger partial charge in [0.2, 0.25) is 0 Å². The van der Waals surface area contributed by atoms with Crippen molar-refractivity contribution in [2.45, 2.75) is 90.1 Å². The number of aliphatic hydroxyl groups is 1. The predicted octanol–water partition coefficient (Wildman–Crippen LogP) is 9.58. The number of alkyl carbamates (subject to hydrolysis) is 1. The van der Waals surface area contributed by atoms with Gasteiger partial charge >= 0.3 is 6.09 Å². The van der Waals surface area contributed by atoms with Crippen molar-refractivity contribution < 1.29 is 14.6 Å². The largest absolute Gasteiger partial charge is 0.450 e. The van der Waals surface area contributed by atoms with Crippen LogP contribution in [0.15, 0.2) is 109 Å². The van der Waals surface area contributed by atoms with Crippen molar-refractivity contribution in [3.8, 4) is 0 Å². The van der Waals surface area contributed by atoms with E-state index in [0.29, 0.717) is 18.8 Å². The Bertz CT molecular complexity index is 2020. The quantitative estimate of drug-likeness (QED) is 0.126. The van der Waals surface area contributed by atoms with E-state index in [1.54, 1.807) is 6.92 Å². The molecule has 2 atom stereocenters. The van der Waals surface area contributed by atoms with E-state index < -0.39 is 6.10 Å². The number of nitrogens with zero attached hydrogens (tertiary/aromatic N) is 3. The fraction of sp³-hybridized carbons (Fsp3) is 0.391. The van der Waals surface area contributed by atoms with Gasteiger partial charge in [0.05, 0.1) is 19.3 Å². The van der Waals surface area contributed by atoms with Gasteiger partial charge in [0.25, 0.3) is 0 Å². The number of aliphatic hydroxyl groups excluding tert-OH is 1. The molecule has 7 heteroatoms. The molecule has 53 heavy (non-hydrogen) atoms. The van der Waals surface area contributed by atoms with Gasteiger partial charge in [-0.15, -0.1) is 0 Å². The Morgan fingerprint density at radius 1 is 0.868 bits per heavy atom. The molecule has 0 aliphatic carbocycles. The number of amides is 1. The number of benzene rings is 5. The monoisotopic (exact) mass is 712 g/mol. The lowest BCUT2D eigenvalue weighted by molar-refractivity contribution is 0.0189. The zero-order valence-corrected chi connectivity index (χ0v) is 32.3. The topological polar surface area (TPSA) is 69.4 Å². The van der Waals surface area contributed by atoms with Crippen LogP contribution in [-0.4, -0.2) is 71.0 Å². The van der Waals surface area contributed by atoms with Crippen LogP contribution in [0.1, 0.15) is 64.2 Å². The molecule has 278 valence electrons. The number of carbonyl (C=O) groups is 1. The average molecular weight is 713 g/mol. The molecular weight excluding hydrogens is 657 g/mol. The highest BCUT2D eigenvalue weighted by Gasteiger charge is 2.34. The van der Waals surface area contributed by atoms with Gasteiger partial charge in [0.1, 0.15) is 0 Å². The maximum Gasteiger partial charge on any atom is 0.407 e. The van der Waals surface area contributed by atoms with E-state index in [2.05, 4.69) is 120 Å². The van der Waals surface area contributed by atoms with Crippen molar-refractivity contribution >= 4 is 33.3 Å². The van der Waals surface area contributed by atoms with E-state index >= 15 is 0 Å².